The Kier molecular flexibility index (Phi) is 7.37. The van der Waals surface area contributed by atoms with Crippen molar-refractivity contribution in [3.63, 3.8) is 0 Å². The average Bonchev–Trinajstić information content (AvgIpc) is 3.22. The number of benzene rings is 2. The molecule has 176 valence electrons. The topological polar surface area (TPSA) is 142 Å². The van der Waals surface area contributed by atoms with Crippen LogP contribution in [-0.4, -0.2) is 28.3 Å². The summed E-state index contributed by atoms with van der Waals surface area (Å²) in [5, 5.41) is 26.7. The molecule has 3 rings (SSSR count). The van der Waals surface area contributed by atoms with Crippen molar-refractivity contribution in [2.75, 3.05) is 11.9 Å². The van der Waals surface area contributed by atoms with Crippen LogP contribution in [0, 0.1) is 20.2 Å². The van der Waals surface area contributed by atoms with Gasteiger partial charge in [-0.2, -0.15) is 0 Å². The van der Waals surface area contributed by atoms with E-state index in [9.17, 15) is 29.8 Å². The quantitative estimate of drug-likeness (QED) is 0.243. The predicted octanol–water partition coefficient (Wildman–Crippen LogP) is 5.78. The number of nitro benzene ring substituents is 2. The zero-order valence-corrected chi connectivity index (χ0v) is 19.4. The van der Waals surface area contributed by atoms with Crippen LogP contribution in [0.25, 0.3) is 11.1 Å². The zero-order chi connectivity index (χ0) is 25.0. The number of esters is 1. The molecule has 0 saturated carbocycles. The van der Waals surface area contributed by atoms with E-state index in [1.807, 2.05) is 24.3 Å². The summed E-state index contributed by atoms with van der Waals surface area (Å²) in [6.07, 6.45) is 0. The minimum absolute atomic E-state index is 0.116. The normalized spacial score (nSPS) is 10.7. The fraction of sp³-hybridized carbons (Fsp3) is 0.217. The van der Waals surface area contributed by atoms with Crippen LogP contribution in [0.5, 0.6) is 0 Å². The molecule has 0 spiro atoms. The Bertz CT molecular complexity index is 1230. The number of hydrogen-bond donors (Lipinski definition) is 1. The van der Waals surface area contributed by atoms with Gasteiger partial charge in [0.25, 0.3) is 17.3 Å². The number of nitrogens with one attached hydrogen (secondary N) is 1. The molecule has 0 fully saturated rings. The number of non-ortho nitro benzene ring substituents is 2. The van der Waals surface area contributed by atoms with Crippen molar-refractivity contribution >= 4 is 39.6 Å². The molecule has 0 unspecified atom stereocenters. The molecule has 34 heavy (non-hydrogen) atoms. The molecule has 0 atom stereocenters. The maximum Gasteiger partial charge on any atom is 0.341 e. The van der Waals surface area contributed by atoms with E-state index in [0.717, 1.165) is 40.7 Å². The van der Waals surface area contributed by atoms with Crippen LogP contribution < -0.4 is 5.32 Å². The summed E-state index contributed by atoms with van der Waals surface area (Å²) >= 11 is 1.08. The van der Waals surface area contributed by atoms with E-state index in [1.165, 1.54) is 0 Å². The molecule has 2 aromatic carbocycles. The maximum atomic E-state index is 12.9. The number of anilines is 1. The number of ether oxygens (including phenoxy) is 1. The Morgan fingerprint density at radius 2 is 1.62 bits per heavy atom. The Morgan fingerprint density at radius 1 is 1.03 bits per heavy atom. The summed E-state index contributed by atoms with van der Waals surface area (Å²) in [6.45, 7) is 5.90. The van der Waals surface area contributed by atoms with E-state index in [0.29, 0.717) is 11.5 Å². The molecule has 0 radical (unpaired) electrons. The summed E-state index contributed by atoms with van der Waals surface area (Å²) in [7, 11) is 0. The lowest BCUT2D eigenvalue weighted by atomic mass is 9.98. The van der Waals surface area contributed by atoms with Crippen LogP contribution in [0.15, 0.2) is 47.8 Å². The summed E-state index contributed by atoms with van der Waals surface area (Å²) < 4.78 is 5.18. The van der Waals surface area contributed by atoms with Gasteiger partial charge in [0.1, 0.15) is 10.6 Å². The third-order valence-electron chi connectivity index (χ3n) is 4.97. The standard InChI is InChI=1S/C23H21N3O7S/c1-4-33-23(28)20-19(15-7-5-14(6-8-15)13(2)3)12-34-22(20)24-21(27)16-9-17(25(29)30)11-18(10-16)26(31)32/h5-13H,4H2,1-3H3,(H,24,27). The van der Waals surface area contributed by atoms with Crippen LogP contribution >= 0.6 is 11.3 Å². The van der Waals surface area contributed by atoms with E-state index in [2.05, 4.69) is 19.2 Å². The molecule has 11 heteroatoms. The third-order valence-corrected chi connectivity index (χ3v) is 5.87. The number of nitrogens with zero attached hydrogens (tertiary/aromatic N) is 2. The van der Waals surface area contributed by atoms with Gasteiger partial charge in [-0.15, -0.1) is 11.3 Å². The van der Waals surface area contributed by atoms with E-state index in [1.54, 1.807) is 12.3 Å². The highest BCUT2D eigenvalue weighted by Gasteiger charge is 2.25. The summed E-state index contributed by atoms with van der Waals surface area (Å²) in [5.41, 5.74) is 1.08. The van der Waals surface area contributed by atoms with Gasteiger partial charge in [-0.25, -0.2) is 4.79 Å². The average molecular weight is 484 g/mol. The van der Waals surface area contributed by atoms with Gasteiger partial charge < -0.3 is 10.1 Å². The second-order valence-corrected chi connectivity index (χ2v) is 8.44. The molecule has 3 aromatic rings. The maximum absolute atomic E-state index is 12.9. The minimum atomic E-state index is -0.832. The number of hydrogen-bond acceptors (Lipinski definition) is 8. The van der Waals surface area contributed by atoms with Crippen molar-refractivity contribution in [1.82, 2.24) is 0 Å². The minimum Gasteiger partial charge on any atom is -0.462 e. The Balaban J connectivity index is 2.02. The first-order valence-electron chi connectivity index (χ1n) is 10.3. The van der Waals surface area contributed by atoms with E-state index in [4.69, 9.17) is 4.74 Å². The third kappa shape index (κ3) is 5.26. The van der Waals surface area contributed by atoms with Crippen molar-refractivity contribution in [2.24, 2.45) is 0 Å². The molecule has 0 saturated heterocycles. The first-order chi connectivity index (χ1) is 16.1. The van der Waals surface area contributed by atoms with Crippen LogP contribution in [0.4, 0.5) is 16.4 Å². The van der Waals surface area contributed by atoms with Gasteiger partial charge in [-0.1, -0.05) is 38.1 Å². The zero-order valence-electron chi connectivity index (χ0n) is 18.6. The number of carbonyl (C=O) groups is 2. The van der Waals surface area contributed by atoms with Crippen molar-refractivity contribution < 1.29 is 24.2 Å². The molecule has 1 heterocycles. The van der Waals surface area contributed by atoms with Gasteiger partial charge in [0.05, 0.1) is 28.1 Å². The number of carbonyl (C=O) groups excluding carboxylic acids is 2. The van der Waals surface area contributed by atoms with Gasteiger partial charge in [-0.05, 0) is 24.0 Å². The number of amides is 1. The second kappa shape index (κ2) is 10.2. The highest BCUT2D eigenvalue weighted by atomic mass is 32.1. The van der Waals surface area contributed by atoms with Crippen molar-refractivity contribution in [3.8, 4) is 11.1 Å². The fourth-order valence-corrected chi connectivity index (χ4v) is 4.18. The van der Waals surface area contributed by atoms with Gasteiger partial charge in [0, 0.05) is 23.1 Å². The molecule has 1 N–H and O–H groups in total. The molecule has 10 nitrogen and oxygen atoms in total. The molecule has 0 aliphatic rings. The van der Waals surface area contributed by atoms with Crippen molar-refractivity contribution in [3.05, 3.63) is 84.8 Å². The van der Waals surface area contributed by atoms with Crippen molar-refractivity contribution in [2.45, 2.75) is 26.7 Å². The summed E-state index contributed by atoms with van der Waals surface area (Å²) in [4.78, 5) is 46.3. The molecular weight excluding hydrogens is 462 g/mol. The largest absolute Gasteiger partial charge is 0.462 e. The fourth-order valence-electron chi connectivity index (χ4n) is 3.23. The monoisotopic (exact) mass is 483 g/mol. The Hall–Kier alpha value is -4.12. The first kappa shape index (κ1) is 24.5. The van der Waals surface area contributed by atoms with E-state index < -0.39 is 33.1 Å². The molecule has 0 aliphatic heterocycles. The van der Waals surface area contributed by atoms with Gasteiger partial charge in [-0.3, -0.25) is 25.0 Å². The van der Waals surface area contributed by atoms with Crippen LogP contribution in [0.1, 0.15) is 53.0 Å². The van der Waals surface area contributed by atoms with Crippen LogP contribution in [0.2, 0.25) is 0 Å². The highest BCUT2D eigenvalue weighted by molar-refractivity contribution is 7.15. The summed E-state index contributed by atoms with van der Waals surface area (Å²) in [5.74, 6) is -1.15. The summed E-state index contributed by atoms with van der Waals surface area (Å²) in [6, 6.07) is 10.3. The predicted molar refractivity (Wildman–Crippen MR) is 128 cm³/mol. The van der Waals surface area contributed by atoms with E-state index in [-0.39, 0.29) is 22.7 Å². The van der Waals surface area contributed by atoms with Crippen LogP contribution in [-0.2, 0) is 4.74 Å². The van der Waals surface area contributed by atoms with Crippen molar-refractivity contribution in [1.29, 1.82) is 0 Å². The smallest absolute Gasteiger partial charge is 0.341 e. The lowest BCUT2D eigenvalue weighted by molar-refractivity contribution is -0.394. The number of nitro groups is 2. The van der Waals surface area contributed by atoms with Gasteiger partial charge >= 0.3 is 5.97 Å². The molecule has 0 bridgehead atoms. The van der Waals surface area contributed by atoms with Crippen LogP contribution in [0.3, 0.4) is 0 Å². The number of thiophene rings is 1. The number of rotatable bonds is 8. The second-order valence-electron chi connectivity index (χ2n) is 7.56. The Labute approximate surface area is 198 Å². The molecular formula is C23H21N3O7S. The lowest BCUT2D eigenvalue weighted by Gasteiger charge is -2.10. The molecule has 1 amide bonds. The lowest BCUT2D eigenvalue weighted by Crippen LogP contribution is -2.15. The Morgan fingerprint density at radius 3 is 2.12 bits per heavy atom. The van der Waals surface area contributed by atoms with E-state index >= 15 is 0 Å². The molecule has 1 aromatic heterocycles. The first-order valence-corrected chi connectivity index (χ1v) is 11.1. The van der Waals surface area contributed by atoms with Gasteiger partial charge in [0.15, 0.2) is 0 Å². The molecule has 0 aliphatic carbocycles. The van der Waals surface area contributed by atoms with Gasteiger partial charge in [0.2, 0.25) is 0 Å². The SMILES string of the molecule is CCOC(=O)c1c(-c2ccc(C(C)C)cc2)csc1NC(=O)c1cc([N+](=O)[O-])cc([N+](=O)[O-])c1. The highest BCUT2D eigenvalue weighted by Crippen LogP contribution is 2.37.